The Morgan fingerprint density at radius 3 is 2.80 bits per heavy atom. The molecule has 1 aromatic carbocycles. The number of thioether (sulfide) groups is 1. The first-order chi connectivity index (χ1) is 14.5. The number of hydrogen-bond acceptors (Lipinski definition) is 7. The Labute approximate surface area is 184 Å². The molecule has 2 heterocycles. The third-order valence-electron chi connectivity index (χ3n) is 4.08. The summed E-state index contributed by atoms with van der Waals surface area (Å²) in [5.74, 6) is 1.02. The van der Waals surface area contributed by atoms with Crippen molar-refractivity contribution in [1.29, 1.82) is 0 Å². The van der Waals surface area contributed by atoms with Crippen molar-refractivity contribution in [2.75, 3.05) is 17.7 Å². The summed E-state index contributed by atoms with van der Waals surface area (Å²) in [5, 5.41) is 13.2. The Morgan fingerprint density at radius 2 is 2.10 bits per heavy atom. The summed E-state index contributed by atoms with van der Waals surface area (Å²) in [6.45, 7) is 4.02. The van der Waals surface area contributed by atoms with E-state index in [9.17, 15) is 4.79 Å². The summed E-state index contributed by atoms with van der Waals surface area (Å²) in [7, 11) is 0. The van der Waals surface area contributed by atoms with E-state index >= 15 is 0 Å². The molecule has 1 atom stereocenters. The number of anilines is 1. The van der Waals surface area contributed by atoms with Crippen molar-refractivity contribution in [2.24, 2.45) is 0 Å². The molecular formula is C22H25N3O3S2. The molecule has 0 bridgehead atoms. The predicted molar refractivity (Wildman–Crippen MR) is 121 cm³/mol. The lowest BCUT2D eigenvalue weighted by Crippen LogP contribution is -2.17. The maximum Gasteiger partial charge on any atom is 0.232 e. The molecule has 30 heavy (non-hydrogen) atoms. The maximum absolute atomic E-state index is 12.4. The second kappa shape index (κ2) is 11.1. The molecule has 0 fully saturated rings. The summed E-state index contributed by atoms with van der Waals surface area (Å²) >= 11 is 2.86. The summed E-state index contributed by atoms with van der Waals surface area (Å²) in [5.41, 5.74) is 1.82. The molecule has 0 saturated carbocycles. The van der Waals surface area contributed by atoms with Gasteiger partial charge < -0.3 is 15.2 Å². The van der Waals surface area contributed by atoms with Gasteiger partial charge in [-0.05, 0) is 19.4 Å². The number of pyridine rings is 1. The van der Waals surface area contributed by atoms with Gasteiger partial charge in [0.1, 0.15) is 10.8 Å². The normalized spacial score (nSPS) is 11.8. The van der Waals surface area contributed by atoms with E-state index in [0.717, 1.165) is 16.3 Å². The standard InChI is InChI=1S/C22H25N3O3S2/c1-15(10-17-6-4-3-5-7-17)28-19-11-18(24-21(13-19)29-9-8-26)12-20(27)25-22-23-14-16(2)30-22/h3-7,11,13-15,26H,8-10,12H2,1-2H3,(H,23,25,27)/t15-/m0/s1. The quantitative estimate of drug-likeness (QED) is 0.459. The third kappa shape index (κ3) is 7.12. The molecule has 158 valence electrons. The van der Waals surface area contributed by atoms with E-state index < -0.39 is 0 Å². The van der Waals surface area contributed by atoms with Gasteiger partial charge in [0.15, 0.2) is 5.13 Å². The molecule has 2 aromatic heterocycles. The molecule has 0 aliphatic heterocycles. The zero-order valence-corrected chi connectivity index (χ0v) is 18.6. The highest BCUT2D eigenvalue weighted by Crippen LogP contribution is 2.24. The number of hydrogen-bond donors (Lipinski definition) is 2. The van der Waals surface area contributed by atoms with Gasteiger partial charge in [-0.25, -0.2) is 9.97 Å². The number of thiazole rings is 1. The van der Waals surface area contributed by atoms with Crippen LogP contribution in [0.4, 0.5) is 5.13 Å². The molecule has 0 spiro atoms. The summed E-state index contributed by atoms with van der Waals surface area (Å²) < 4.78 is 6.12. The number of rotatable bonds is 10. The lowest BCUT2D eigenvalue weighted by molar-refractivity contribution is -0.115. The van der Waals surface area contributed by atoms with Gasteiger partial charge in [0.25, 0.3) is 0 Å². The number of aryl methyl sites for hydroxylation is 1. The largest absolute Gasteiger partial charge is 0.490 e. The van der Waals surface area contributed by atoms with Gasteiger partial charge in [0, 0.05) is 35.4 Å². The number of amides is 1. The van der Waals surface area contributed by atoms with Gasteiger partial charge in [-0.15, -0.1) is 23.1 Å². The summed E-state index contributed by atoms with van der Waals surface area (Å²) in [4.78, 5) is 22.2. The average molecular weight is 444 g/mol. The second-order valence-corrected chi connectivity index (χ2v) is 9.17. The van der Waals surface area contributed by atoms with Crippen LogP contribution in [0.25, 0.3) is 0 Å². The SMILES string of the molecule is Cc1cnc(NC(=O)Cc2cc(O[C@@H](C)Cc3ccccc3)cc(SCCO)n2)s1. The Morgan fingerprint density at radius 1 is 1.30 bits per heavy atom. The number of ether oxygens (including phenoxy) is 1. The number of carbonyl (C=O) groups excluding carboxylic acids is 1. The van der Waals surface area contributed by atoms with Crippen LogP contribution in [0.15, 0.2) is 53.7 Å². The number of nitrogens with one attached hydrogen (secondary N) is 1. The van der Waals surface area contributed by atoms with Crippen molar-refractivity contribution in [3.63, 3.8) is 0 Å². The monoisotopic (exact) mass is 443 g/mol. The number of nitrogens with zero attached hydrogens (tertiary/aromatic N) is 2. The number of benzene rings is 1. The minimum atomic E-state index is -0.176. The van der Waals surface area contributed by atoms with Crippen LogP contribution in [0.3, 0.4) is 0 Å². The fourth-order valence-corrected chi connectivity index (χ4v) is 4.24. The van der Waals surface area contributed by atoms with Gasteiger partial charge in [-0.3, -0.25) is 4.79 Å². The van der Waals surface area contributed by atoms with Crippen LogP contribution in [-0.4, -0.2) is 39.4 Å². The molecule has 3 aromatic rings. The van der Waals surface area contributed by atoms with E-state index in [1.54, 1.807) is 12.3 Å². The summed E-state index contributed by atoms with van der Waals surface area (Å²) in [6, 6.07) is 13.8. The molecule has 6 nitrogen and oxygen atoms in total. The van der Waals surface area contributed by atoms with E-state index in [1.807, 2.05) is 38.1 Å². The predicted octanol–water partition coefficient (Wildman–Crippen LogP) is 4.12. The van der Waals surface area contributed by atoms with Crippen LogP contribution in [0.2, 0.25) is 0 Å². The molecule has 0 aliphatic rings. The second-order valence-electron chi connectivity index (χ2n) is 6.82. The minimum absolute atomic E-state index is 0.0366. The van der Waals surface area contributed by atoms with Gasteiger partial charge in [-0.2, -0.15) is 0 Å². The van der Waals surface area contributed by atoms with Crippen molar-refractivity contribution < 1.29 is 14.6 Å². The Bertz CT molecular complexity index is 963. The Hall–Kier alpha value is -2.42. The molecule has 2 N–H and O–H groups in total. The van der Waals surface area contributed by atoms with Crippen LogP contribution in [0, 0.1) is 6.92 Å². The highest BCUT2D eigenvalue weighted by molar-refractivity contribution is 7.99. The summed E-state index contributed by atoms with van der Waals surface area (Å²) in [6.07, 6.45) is 2.59. The van der Waals surface area contributed by atoms with E-state index in [2.05, 4.69) is 27.4 Å². The molecular weight excluding hydrogens is 418 g/mol. The van der Waals surface area contributed by atoms with Crippen LogP contribution in [0.5, 0.6) is 5.75 Å². The first-order valence-corrected chi connectivity index (χ1v) is 11.5. The Balaban J connectivity index is 1.69. The minimum Gasteiger partial charge on any atom is -0.490 e. The van der Waals surface area contributed by atoms with Gasteiger partial charge in [0.2, 0.25) is 5.91 Å². The van der Waals surface area contributed by atoms with Crippen LogP contribution < -0.4 is 10.1 Å². The number of aliphatic hydroxyl groups is 1. The smallest absolute Gasteiger partial charge is 0.232 e. The zero-order chi connectivity index (χ0) is 21.3. The van der Waals surface area contributed by atoms with Crippen molar-refractivity contribution in [3.8, 4) is 5.75 Å². The zero-order valence-electron chi connectivity index (χ0n) is 17.0. The van der Waals surface area contributed by atoms with E-state index in [1.165, 1.54) is 28.7 Å². The van der Waals surface area contributed by atoms with E-state index in [-0.39, 0.29) is 25.0 Å². The lowest BCUT2D eigenvalue weighted by atomic mass is 10.1. The average Bonchev–Trinajstić information content (AvgIpc) is 3.11. The fraction of sp³-hybridized carbons (Fsp3) is 0.318. The molecule has 0 aliphatic carbocycles. The van der Waals surface area contributed by atoms with Crippen LogP contribution >= 0.6 is 23.1 Å². The molecule has 8 heteroatoms. The van der Waals surface area contributed by atoms with E-state index in [0.29, 0.717) is 22.3 Å². The molecule has 0 saturated heterocycles. The van der Waals surface area contributed by atoms with Crippen molar-refractivity contribution in [1.82, 2.24) is 9.97 Å². The van der Waals surface area contributed by atoms with Gasteiger partial charge in [-0.1, -0.05) is 30.3 Å². The van der Waals surface area contributed by atoms with Crippen LogP contribution in [0.1, 0.15) is 23.1 Å². The van der Waals surface area contributed by atoms with Crippen molar-refractivity contribution >= 4 is 34.1 Å². The Kier molecular flexibility index (Phi) is 8.24. The molecule has 3 rings (SSSR count). The van der Waals surface area contributed by atoms with Crippen LogP contribution in [-0.2, 0) is 17.6 Å². The first-order valence-electron chi connectivity index (χ1n) is 9.69. The maximum atomic E-state index is 12.4. The molecule has 0 unspecified atom stereocenters. The number of aromatic nitrogens is 2. The fourth-order valence-electron chi connectivity index (χ4n) is 2.88. The van der Waals surface area contributed by atoms with Gasteiger partial charge in [0.05, 0.1) is 24.8 Å². The number of aliphatic hydroxyl groups excluding tert-OH is 1. The highest BCUT2D eigenvalue weighted by atomic mass is 32.2. The van der Waals surface area contributed by atoms with E-state index in [4.69, 9.17) is 9.84 Å². The topological polar surface area (TPSA) is 84.3 Å². The molecule has 1 amide bonds. The number of carbonyl (C=O) groups is 1. The highest BCUT2D eigenvalue weighted by Gasteiger charge is 2.13. The van der Waals surface area contributed by atoms with Gasteiger partial charge >= 0.3 is 0 Å². The first kappa shape index (κ1) is 22.3. The van der Waals surface area contributed by atoms with Crippen molar-refractivity contribution in [2.45, 2.75) is 37.8 Å². The lowest BCUT2D eigenvalue weighted by Gasteiger charge is -2.16. The van der Waals surface area contributed by atoms with Crippen molar-refractivity contribution in [3.05, 3.63) is 64.8 Å². The molecule has 0 radical (unpaired) electrons. The third-order valence-corrected chi connectivity index (χ3v) is 5.80.